The van der Waals surface area contributed by atoms with Crippen LogP contribution in [-0.2, 0) is 4.79 Å². The fourth-order valence-electron chi connectivity index (χ4n) is 1.30. The summed E-state index contributed by atoms with van der Waals surface area (Å²) >= 11 is 0. The number of allylic oxidation sites excluding steroid dienone is 1. The highest BCUT2D eigenvalue weighted by Gasteiger charge is 1.99. The van der Waals surface area contributed by atoms with E-state index < -0.39 is 0 Å². The summed E-state index contributed by atoms with van der Waals surface area (Å²) in [5.41, 5.74) is 0. The molecule has 0 saturated heterocycles. The normalized spacial score (nSPS) is 19.2. The molecule has 1 aromatic carbocycles. The summed E-state index contributed by atoms with van der Waals surface area (Å²) in [5, 5.41) is 1.94. The van der Waals surface area contributed by atoms with Gasteiger partial charge < -0.3 is 4.79 Å². The van der Waals surface area contributed by atoms with Crippen molar-refractivity contribution in [3.63, 3.8) is 0 Å². The summed E-state index contributed by atoms with van der Waals surface area (Å²) in [5.74, 6) is 0. The lowest BCUT2D eigenvalue weighted by atomic mass is 10.3. The van der Waals surface area contributed by atoms with Gasteiger partial charge in [-0.05, 0) is 11.3 Å². The molecule has 0 saturated carbocycles. The Morgan fingerprint density at radius 3 is 3.08 bits per heavy atom. The monoisotopic (exact) mass is 172 g/mol. The Morgan fingerprint density at radius 1 is 1.38 bits per heavy atom. The van der Waals surface area contributed by atoms with Gasteiger partial charge in [-0.1, -0.05) is 36.4 Å². The summed E-state index contributed by atoms with van der Waals surface area (Å²) in [6.07, 6.45) is 6.45. The van der Waals surface area contributed by atoms with Crippen LogP contribution in [0.4, 0.5) is 0 Å². The van der Waals surface area contributed by atoms with E-state index in [1.807, 2.05) is 36.4 Å². The molecule has 0 fully saturated rings. The molecule has 1 aliphatic rings. The van der Waals surface area contributed by atoms with E-state index in [9.17, 15) is 4.79 Å². The Bertz CT molecular complexity index is 464. The molecule has 64 valence electrons. The Labute approximate surface area is 77.4 Å². The van der Waals surface area contributed by atoms with Crippen LogP contribution in [-0.4, -0.2) is 12.3 Å². The standard InChI is InChI=1S/C11H9NO/c13-8-10-6-3-5-9-4-1-2-7-11(9)12-10/h1-8,10H/p+1. The van der Waals surface area contributed by atoms with E-state index in [-0.39, 0.29) is 7.47 Å². The molecule has 2 rings (SSSR count). The van der Waals surface area contributed by atoms with Gasteiger partial charge in [-0.15, -0.1) is 0 Å². The minimum atomic E-state index is -0.333. The van der Waals surface area contributed by atoms with Gasteiger partial charge in [0, 0.05) is 0 Å². The molecule has 2 heteroatoms. The number of fused-ring (bicyclic) bond motifs is 1. The van der Waals surface area contributed by atoms with E-state index >= 15 is 0 Å². The van der Waals surface area contributed by atoms with Gasteiger partial charge in [0.05, 0.1) is 5.36 Å². The molecule has 1 unspecified atom stereocenters. The molecule has 2 nitrogen and oxygen atoms in total. The maximum atomic E-state index is 10.6. The van der Waals surface area contributed by atoms with E-state index in [0.717, 1.165) is 16.9 Å². The van der Waals surface area contributed by atoms with Gasteiger partial charge in [0.15, 0.2) is 0 Å². The molecule has 1 atom stereocenters. The Morgan fingerprint density at radius 2 is 2.23 bits per heavy atom. The van der Waals surface area contributed by atoms with Gasteiger partial charge in [-0.25, -0.2) is 0 Å². The minimum Gasteiger partial charge on any atom is -0.301 e. The summed E-state index contributed by atoms with van der Waals surface area (Å²) < 4.78 is 0. The van der Waals surface area contributed by atoms with Crippen molar-refractivity contribution >= 4 is 12.4 Å². The van der Waals surface area contributed by atoms with E-state index in [0.29, 0.717) is 0 Å². The van der Waals surface area contributed by atoms with Crippen LogP contribution >= 0.6 is 0 Å². The number of carbonyl (C=O) groups excluding carboxylic acids is 1. The number of hydrogen-bond donors (Lipinski definition) is 0. The van der Waals surface area contributed by atoms with Crippen molar-refractivity contribution in [3.05, 3.63) is 47.0 Å². The Kier molecular flexibility index (Phi) is 2.04. The predicted octanol–water partition coefficient (Wildman–Crippen LogP) is 0.337. The fourth-order valence-corrected chi connectivity index (χ4v) is 1.30. The quantitative estimate of drug-likeness (QED) is 0.561. The average Bonchev–Trinajstić information content (AvgIpc) is 2.38. The van der Waals surface area contributed by atoms with Crippen molar-refractivity contribution in [2.24, 2.45) is 4.99 Å². The maximum absolute atomic E-state index is 10.6. The van der Waals surface area contributed by atoms with Crippen LogP contribution < -0.4 is 10.6 Å². The minimum absolute atomic E-state index is 0. The van der Waals surface area contributed by atoms with E-state index in [2.05, 4.69) is 4.99 Å². The zero-order valence-electron chi connectivity index (χ0n) is 8.05. The van der Waals surface area contributed by atoms with Crippen LogP contribution in [0.5, 0.6) is 0 Å². The zero-order chi connectivity index (χ0) is 9.10. The third-order valence-electron chi connectivity index (χ3n) is 1.95. The molecule has 0 radical (unpaired) electrons. The zero-order valence-corrected chi connectivity index (χ0v) is 7.05. The summed E-state index contributed by atoms with van der Waals surface area (Å²) in [4.78, 5) is 14.8. The highest BCUT2D eigenvalue weighted by molar-refractivity contribution is 5.62. The summed E-state index contributed by atoms with van der Waals surface area (Å²) in [7, 11) is 0. The number of aldehydes is 1. The highest BCUT2D eigenvalue weighted by Crippen LogP contribution is 1.91. The molecule has 1 aliphatic heterocycles. The summed E-state index contributed by atoms with van der Waals surface area (Å²) in [6, 6.07) is 7.44. The molecule has 13 heavy (non-hydrogen) atoms. The lowest BCUT2D eigenvalue weighted by molar-refractivity contribution is -0.108. The molecular weight excluding hydrogens is 162 g/mol. The first kappa shape index (κ1) is 7.92. The van der Waals surface area contributed by atoms with Crippen molar-refractivity contribution in [1.29, 1.82) is 0 Å². The molecule has 1 aromatic rings. The highest BCUT2D eigenvalue weighted by atomic mass is 16.1. The number of nitrogens with zero attached hydrogens (tertiary/aromatic N) is 1. The first-order valence-electron chi connectivity index (χ1n) is 4.17. The Hall–Kier alpha value is -1.70. The Balaban J connectivity index is 0.000000980. The van der Waals surface area contributed by atoms with E-state index in [4.69, 9.17) is 0 Å². The number of rotatable bonds is 1. The lowest BCUT2D eigenvalue weighted by Crippen LogP contribution is -2.25. The molecule has 0 N–H and O–H groups in total. The van der Waals surface area contributed by atoms with Crippen LogP contribution in [0.2, 0.25) is 0 Å². The SMILES string of the molecule is O=CC1C=CC=c2ccccc2=N1.[H+]. The summed E-state index contributed by atoms with van der Waals surface area (Å²) in [6.45, 7) is 0. The molecule has 0 aliphatic carbocycles. The van der Waals surface area contributed by atoms with E-state index in [1.165, 1.54) is 0 Å². The van der Waals surface area contributed by atoms with E-state index in [1.54, 1.807) is 6.08 Å². The predicted molar refractivity (Wildman–Crippen MR) is 51.8 cm³/mol. The number of carbonyl (C=O) groups is 1. The van der Waals surface area contributed by atoms with Crippen LogP contribution in [0.25, 0.3) is 6.08 Å². The van der Waals surface area contributed by atoms with Crippen LogP contribution in [0.1, 0.15) is 1.43 Å². The largest absolute Gasteiger partial charge is 1.00 e. The number of hydrogen-bond acceptors (Lipinski definition) is 2. The first-order valence-corrected chi connectivity index (χ1v) is 4.17. The van der Waals surface area contributed by atoms with Crippen molar-refractivity contribution in [3.8, 4) is 0 Å². The molecule has 0 amide bonds. The molecule has 1 heterocycles. The molecular formula is C11H10NO+. The van der Waals surface area contributed by atoms with Gasteiger partial charge in [0.25, 0.3) is 0 Å². The second-order valence-electron chi connectivity index (χ2n) is 2.87. The topological polar surface area (TPSA) is 29.4 Å². The van der Waals surface area contributed by atoms with Crippen LogP contribution in [0, 0.1) is 0 Å². The number of para-hydroxylation sites is 1. The van der Waals surface area contributed by atoms with Crippen molar-refractivity contribution < 1.29 is 6.22 Å². The van der Waals surface area contributed by atoms with Crippen LogP contribution in [0.3, 0.4) is 0 Å². The maximum Gasteiger partial charge on any atom is 1.00 e. The third-order valence-corrected chi connectivity index (χ3v) is 1.95. The van der Waals surface area contributed by atoms with Gasteiger partial charge in [0.2, 0.25) is 0 Å². The molecule has 0 spiro atoms. The number of benzene rings is 1. The van der Waals surface area contributed by atoms with Gasteiger partial charge in [0.1, 0.15) is 12.3 Å². The first-order chi connectivity index (χ1) is 6.40. The van der Waals surface area contributed by atoms with Gasteiger partial charge in [-0.3, -0.25) is 4.99 Å². The second-order valence-corrected chi connectivity index (χ2v) is 2.87. The molecule has 0 bridgehead atoms. The van der Waals surface area contributed by atoms with Gasteiger partial charge in [-0.2, -0.15) is 0 Å². The smallest absolute Gasteiger partial charge is 0.301 e. The van der Waals surface area contributed by atoms with Crippen LogP contribution in [0.15, 0.2) is 41.4 Å². The van der Waals surface area contributed by atoms with Crippen molar-refractivity contribution in [2.75, 3.05) is 0 Å². The fraction of sp³-hybridized carbons (Fsp3) is 0.0909. The van der Waals surface area contributed by atoms with Gasteiger partial charge >= 0.3 is 1.43 Å². The van der Waals surface area contributed by atoms with Crippen molar-refractivity contribution in [2.45, 2.75) is 6.04 Å². The molecule has 0 aromatic heterocycles. The van der Waals surface area contributed by atoms with Crippen molar-refractivity contribution in [1.82, 2.24) is 0 Å². The third kappa shape index (κ3) is 1.56. The lowest BCUT2D eigenvalue weighted by Gasteiger charge is -1.93. The average molecular weight is 172 g/mol. The second kappa shape index (κ2) is 3.35.